The lowest BCUT2D eigenvalue weighted by atomic mass is 9.81. The van der Waals surface area contributed by atoms with Gasteiger partial charge in [-0.25, -0.2) is 4.79 Å². The zero-order chi connectivity index (χ0) is 18.8. The summed E-state index contributed by atoms with van der Waals surface area (Å²) in [6, 6.07) is 5.95. The number of hydrogen-bond acceptors (Lipinski definition) is 2. The number of rotatable bonds is 4. The monoisotopic (exact) mass is 345 g/mol. The van der Waals surface area contributed by atoms with E-state index in [1.165, 1.54) is 0 Å². The van der Waals surface area contributed by atoms with E-state index in [4.69, 9.17) is 0 Å². The molecule has 0 unspecified atom stereocenters. The lowest BCUT2D eigenvalue weighted by Gasteiger charge is -2.34. The predicted octanol–water partition coefficient (Wildman–Crippen LogP) is 4.62. The number of benzene rings is 1. The second-order valence-electron chi connectivity index (χ2n) is 8.65. The van der Waals surface area contributed by atoms with Crippen molar-refractivity contribution in [3.8, 4) is 0 Å². The summed E-state index contributed by atoms with van der Waals surface area (Å²) in [5.41, 5.74) is 1.56. The summed E-state index contributed by atoms with van der Waals surface area (Å²) in [7, 11) is 0. The molecular weight excluding hydrogens is 314 g/mol. The van der Waals surface area contributed by atoms with Gasteiger partial charge in [0.25, 0.3) is 5.91 Å². The highest BCUT2D eigenvalue weighted by atomic mass is 16.4. The lowest BCUT2D eigenvalue weighted by molar-refractivity contribution is -0.145. The summed E-state index contributed by atoms with van der Waals surface area (Å²) in [5.74, 6) is -0.897. The van der Waals surface area contributed by atoms with Crippen LogP contribution in [0.2, 0.25) is 0 Å². The second kappa shape index (κ2) is 7.19. The van der Waals surface area contributed by atoms with Crippen LogP contribution in [-0.4, -0.2) is 22.5 Å². The summed E-state index contributed by atoms with van der Waals surface area (Å²) in [6.07, 6.45) is 3.72. The van der Waals surface area contributed by atoms with E-state index in [1.54, 1.807) is 0 Å². The van der Waals surface area contributed by atoms with Crippen molar-refractivity contribution in [1.29, 1.82) is 0 Å². The smallest absolute Gasteiger partial charge is 0.329 e. The molecule has 0 atom stereocenters. The van der Waals surface area contributed by atoms with E-state index >= 15 is 0 Å². The SMILES string of the molecule is CC(C)c1cc(C(=O)NC2(C(=O)O)CCCCC2)cc(C(C)(C)C)c1. The van der Waals surface area contributed by atoms with Crippen molar-refractivity contribution < 1.29 is 14.7 Å². The zero-order valence-electron chi connectivity index (χ0n) is 16.1. The van der Waals surface area contributed by atoms with Crippen molar-refractivity contribution in [2.45, 2.75) is 83.6 Å². The van der Waals surface area contributed by atoms with Crippen molar-refractivity contribution in [3.63, 3.8) is 0 Å². The molecule has 0 aliphatic heterocycles. The molecule has 0 aromatic heterocycles. The van der Waals surface area contributed by atoms with Crippen molar-refractivity contribution in [2.75, 3.05) is 0 Å². The summed E-state index contributed by atoms with van der Waals surface area (Å²) in [4.78, 5) is 24.7. The van der Waals surface area contributed by atoms with Crippen LogP contribution in [0.1, 0.15) is 94.1 Å². The van der Waals surface area contributed by atoms with Crippen molar-refractivity contribution in [3.05, 3.63) is 34.9 Å². The molecule has 1 fully saturated rings. The first kappa shape index (κ1) is 19.5. The Labute approximate surface area is 151 Å². The maximum Gasteiger partial charge on any atom is 0.329 e. The van der Waals surface area contributed by atoms with Crippen molar-refractivity contribution >= 4 is 11.9 Å². The van der Waals surface area contributed by atoms with Gasteiger partial charge in [-0.05, 0) is 47.4 Å². The summed E-state index contributed by atoms with van der Waals surface area (Å²) >= 11 is 0. The largest absolute Gasteiger partial charge is 0.480 e. The number of aliphatic carboxylic acids is 1. The van der Waals surface area contributed by atoms with Gasteiger partial charge in [0.15, 0.2) is 0 Å². The molecule has 25 heavy (non-hydrogen) atoms. The fourth-order valence-electron chi connectivity index (χ4n) is 3.39. The van der Waals surface area contributed by atoms with E-state index in [2.05, 4.69) is 46.0 Å². The van der Waals surface area contributed by atoms with Crippen LogP contribution in [0.5, 0.6) is 0 Å². The molecule has 0 bridgehead atoms. The lowest BCUT2D eigenvalue weighted by Crippen LogP contribution is -2.55. The second-order valence-corrected chi connectivity index (χ2v) is 8.65. The normalized spacial score (nSPS) is 17.4. The van der Waals surface area contributed by atoms with Gasteiger partial charge in [-0.1, -0.05) is 59.9 Å². The van der Waals surface area contributed by atoms with Crippen LogP contribution in [-0.2, 0) is 10.2 Å². The molecule has 0 saturated heterocycles. The highest BCUT2D eigenvalue weighted by molar-refractivity contribution is 5.98. The molecular formula is C21H31NO3. The van der Waals surface area contributed by atoms with Crippen molar-refractivity contribution in [2.24, 2.45) is 0 Å². The molecule has 1 saturated carbocycles. The minimum atomic E-state index is -1.12. The highest BCUT2D eigenvalue weighted by Gasteiger charge is 2.41. The Hall–Kier alpha value is -1.84. The third-order valence-electron chi connectivity index (χ3n) is 5.22. The standard InChI is InChI=1S/C21H31NO3/c1-14(2)15-11-16(13-17(12-15)20(3,4)5)18(23)22-21(19(24)25)9-7-6-8-10-21/h11-14H,6-10H2,1-5H3,(H,22,23)(H,24,25). The molecule has 1 aromatic carbocycles. The van der Waals surface area contributed by atoms with E-state index in [-0.39, 0.29) is 11.3 Å². The molecule has 1 aliphatic rings. The molecule has 0 heterocycles. The topological polar surface area (TPSA) is 66.4 Å². The van der Waals surface area contributed by atoms with Crippen LogP contribution >= 0.6 is 0 Å². The third-order valence-corrected chi connectivity index (χ3v) is 5.22. The third kappa shape index (κ3) is 4.42. The minimum Gasteiger partial charge on any atom is -0.480 e. The molecule has 0 spiro atoms. The maximum atomic E-state index is 12.9. The van der Waals surface area contributed by atoms with E-state index in [9.17, 15) is 14.7 Å². The Morgan fingerprint density at radius 2 is 1.68 bits per heavy atom. The number of hydrogen-bond donors (Lipinski definition) is 2. The average Bonchev–Trinajstić information content (AvgIpc) is 2.54. The fourth-order valence-corrected chi connectivity index (χ4v) is 3.39. The number of carboxylic acid groups (broad SMARTS) is 1. The van der Waals surface area contributed by atoms with E-state index in [1.807, 2.05) is 12.1 Å². The number of carbonyl (C=O) groups excluding carboxylic acids is 1. The molecule has 0 radical (unpaired) electrons. The number of carbonyl (C=O) groups is 2. The van der Waals surface area contributed by atoms with Crippen LogP contribution < -0.4 is 5.32 Å². The van der Waals surface area contributed by atoms with E-state index < -0.39 is 11.5 Å². The quantitative estimate of drug-likeness (QED) is 0.836. The van der Waals surface area contributed by atoms with Gasteiger partial charge < -0.3 is 10.4 Å². The Kier molecular flexibility index (Phi) is 5.60. The zero-order valence-corrected chi connectivity index (χ0v) is 16.1. The van der Waals surface area contributed by atoms with Crippen LogP contribution in [0.4, 0.5) is 0 Å². The van der Waals surface area contributed by atoms with Gasteiger partial charge in [0.1, 0.15) is 5.54 Å². The summed E-state index contributed by atoms with van der Waals surface area (Å²) in [6.45, 7) is 10.6. The predicted molar refractivity (Wildman–Crippen MR) is 100 cm³/mol. The molecule has 1 amide bonds. The van der Waals surface area contributed by atoms with Crippen molar-refractivity contribution in [1.82, 2.24) is 5.32 Å². The van der Waals surface area contributed by atoms with Crippen LogP contribution in [0.3, 0.4) is 0 Å². The first-order valence-corrected chi connectivity index (χ1v) is 9.26. The highest BCUT2D eigenvalue weighted by Crippen LogP contribution is 2.31. The number of nitrogens with one attached hydrogen (secondary N) is 1. The molecule has 1 aromatic rings. The molecule has 1 aliphatic carbocycles. The summed E-state index contributed by atoms with van der Waals surface area (Å²) < 4.78 is 0. The average molecular weight is 345 g/mol. The fraction of sp³-hybridized carbons (Fsp3) is 0.619. The molecule has 2 N–H and O–H groups in total. The van der Waals surface area contributed by atoms with Crippen LogP contribution in [0, 0.1) is 0 Å². The van der Waals surface area contributed by atoms with Gasteiger partial charge in [-0.3, -0.25) is 4.79 Å². The van der Waals surface area contributed by atoms with Crippen LogP contribution in [0.25, 0.3) is 0 Å². The Morgan fingerprint density at radius 1 is 1.08 bits per heavy atom. The molecule has 138 valence electrons. The Bertz CT molecular complexity index is 650. The van der Waals surface area contributed by atoms with Gasteiger partial charge in [0.05, 0.1) is 0 Å². The van der Waals surface area contributed by atoms with Gasteiger partial charge in [0.2, 0.25) is 0 Å². The molecule has 4 nitrogen and oxygen atoms in total. The first-order chi connectivity index (χ1) is 11.5. The first-order valence-electron chi connectivity index (χ1n) is 9.26. The number of carboxylic acids is 1. The Balaban J connectivity index is 2.37. The number of amides is 1. The van der Waals surface area contributed by atoms with E-state index in [0.717, 1.165) is 30.4 Å². The minimum absolute atomic E-state index is 0.0742. The molecule has 4 heteroatoms. The summed E-state index contributed by atoms with van der Waals surface area (Å²) in [5, 5.41) is 12.6. The maximum absolute atomic E-state index is 12.9. The Morgan fingerprint density at radius 3 is 2.16 bits per heavy atom. The van der Waals surface area contributed by atoms with Gasteiger partial charge in [-0.2, -0.15) is 0 Å². The van der Waals surface area contributed by atoms with Gasteiger partial charge >= 0.3 is 5.97 Å². The molecule has 2 rings (SSSR count). The van der Waals surface area contributed by atoms with E-state index in [0.29, 0.717) is 24.3 Å². The van der Waals surface area contributed by atoms with Crippen LogP contribution in [0.15, 0.2) is 18.2 Å². The van der Waals surface area contributed by atoms with Gasteiger partial charge in [-0.15, -0.1) is 0 Å². The van der Waals surface area contributed by atoms with Gasteiger partial charge in [0, 0.05) is 5.56 Å².